The van der Waals surface area contributed by atoms with E-state index in [1.807, 2.05) is 0 Å². The second-order valence-electron chi connectivity index (χ2n) is 6.36. The second kappa shape index (κ2) is 9.54. The van der Waals surface area contributed by atoms with Gasteiger partial charge < -0.3 is 9.73 Å². The molecule has 1 amide bonds. The van der Waals surface area contributed by atoms with Crippen LogP contribution in [0.5, 0.6) is 0 Å². The fraction of sp³-hybridized carbons (Fsp3) is 0.0526. The number of thioether (sulfide) groups is 1. The van der Waals surface area contributed by atoms with Gasteiger partial charge in [-0.2, -0.15) is 0 Å². The molecule has 4 rings (SSSR count). The summed E-state index contributed by atoms with van der Waals surface area (Å²) in [5.41, 5.74) is 1.54. The number of nitro benzene ring substituents is 2. The molecule has 2 aromatic carbocycles. The maximum absolute atomic E-state index is 12.2. The highest BCUT2D eigenvalue weighted by atomic mass is 32.2. The number of amides is 1. The standard InChI is InChI=1S/C19H12N6O6S2/c26-16(21-18-20-15(9-32-18)11-4-6-13(7-5-11)24(27)28)10-33-19-23-22-17(31-19)12-2-1-3-14(8-12)25(29)30/h1-9H,10H2,(H,20,21,26). The van der Waals surface area contributed by atoms with Crippen LogP contribution in [0.15, 0.2) is 63.6 Å². The number of hydrogen-bond acceptors (Lipinski definition) is 11. The van der Waals surface area contributed by atoms with Crippen LogP contribution < -0.4 is 5.32 Å². The largest absolute Gasteiger partial charge is 0.411 e. The van der Waals surface area contributed by atoms with Gasteiger partial charge in [0.25, 0.3) is 16.6 Å². The highest BCUT2D eigenvalue weighted by Gasteiger charge is 2.15. The summed E-state index contributed by atoms with van der Waals surface area (Å²) in [6, 6.07) is 11.7. The van der Waals surface area contributed by atoms with Gasteiger partial charge in [0.1, 0.15) is 0 Å². The molecule has 0 saturated carbocycles. The van der Waals surface area contributed by atoms with Gasteiger partial charge in [-0.3, -0.25) is 25.0 Å². The Morgan fingerprint density at radius 2 is 1.79 bits per heavy atom. The van der Waals surface area contributed by atoms with Crippen LogP contribution >= 0.6 is 23.1 Å². The van der Waals surface area contributed by atoms with Crippen molar-refractivity contribution in [3.05, 3.63) is 74.1 Å². The van der Waals surface area contributed by atoms with E-state index in [1.165, 1.54) is 41.7 Å². The van der Waals surface area contributed by atoms with Crippen LogP contribution in [0, 0.1) is 20.2 Å². The lowest BCUT2D eigenvalue weighted by molar-refractivity contribution is -0.385. The molecule has 0 spiro atoms. The lowest BCUT2D eigenvalue weighted by Crippen LogP contribution is -2.13. The van der Waals surface area contributed by atoms with Gasteiger partial charge in [-0.25, -0.2) is 4.98 Å². The Balaban J connectivity index is 1.34. The molecule has 1 N–H and O–H groups in total. The number of carbonyl (C=O) groups excluding carboxylic acids is 1. The zero-order valence-corrected chi connectivity index (χ0v) is 18.0. The topological polar surface area (TPSA) is 167 Å². The molecule has 14 heteroatoms. The van der Waals surface area contributed by atoms with Gasteiger partial charge in [0, 0.05) is 40.8 Å². The van der Waals surface area contributed by atoms with Crippen LogP contribution in [0.25, 0.3) is 22.7 Å². The third kappa shape index (κ3) is 5.36. The minimum absolute atomic E-state index is 0.0193. The summed E-state index contributed by atoms with van der Waals surface area (Å²) in [4.78, 5) is 37.2. The first kappa shape index (κ1) is 22.0. The van der Waals surface area contributed by atoms with Gasteiger partial charge in [-0.1, -0.05) is 17.8 Å². The molecule has 0 fully saturated rings. The molecule has 2 aromatic heterocycles. The molecular weight excluding hydrogens is 472 g/mol. The molecule has 0 radical (unpaired) electrons. The number of nitrogens with zero attached hydrogens (tertiary/aromatic N) is 5. The minimum atomic E-state index is -0.522. The number of aromatic nitrogens is 3. The van der Waals surface area contributed by atoms with E-state index in [2.05, 4.69) is 20.5 Å². The molecule has 33 heavy (non-hydrogen) atoms. The van der Waals surface area contributed by atoms with Crippen molar-refractivity contribution in [1.82, 2.24) is 15.2 Å². The van der Waals surface area contributed by atoms with Crippen LogP contribution in [-0.2, 0) is 4.79 Å². The van der Waals surface area contributed by atoms with Crippen molar-refractivity contribution < 1.29 is 19.1 Å². The summed E-state index contributed by atoms with van der Waals surface area (Å²) >= 11 is 2.23. The summed E-state index contributed by atoms with van der Waals surface area (Å²) in [5.74, 6) is -0.266. The number of hydrogen-bond donors (Lipinski definition) is 1. The van der Waals surface area contributed by atoms with Crippen molar-refractivity contribution in [1.29, 1.82) is 0 Å². The van der Waals surface area contributed by atoms with Crippen LogP contribution in [0.1, 0.15) is 0 Å². The molecule has 0 aliphatic heterocycles. The summed E-state index contributed by atoms with van der Waals surface area (Å²) in [5, 5.41) is 34.3. The van der Waals surface area contributed by atoms with Crippen molar-refractivity contribution in [3.63, 3.8) is 0 Å². The number of nitro groups is 2. The molecule has 12 nitrogen and oxygen atoms in total. The van der Waals surface area contributed by atoms with Crippen molar-refractivity contribution in [2.75, 3.05) is 11.1 Å². The molecule has 166 valence electrons. The Bertz CT molecular complexity index is 1340. The number of thiazole rings is 1. The van der Waals surface area contributed by atoms with Crippen molar-refractivity contribution in [3.8, 4) is 22.7 Å². The summed E-state index contributed by atoms with van der Waals surface area (Å²) in [6.07, 6.45) is 0. The summed E-state index contributed by atoms with van der Waals surface area (Å²) < 4.78 is 5.47. The zero-order valence-electron chi connectivity index (χ0n) is 16.4. The Morgan fingerprint density at radius 3 is 2.52 bits per heavy atom. The lowest BCUT2D eigenvalue weighted by atomic mass is 10.1. The maximum Gasteiger partial charge on any atom is 0.277 e. The van der Waals surface area contributed by atoms with Gasteiger partial charge >= 0.3 is 0 Å². The van der Waals surface area contributed by atoms with Crippen LogP contribution in [0.3, 0.4) is 0 Å². The normalized spacial score (nSPS) is 10.7. The average Bonchev–Trinajstić information content (AvgIpc) is 3.48. The maximum atomic E-state index is 12.2. The van der Waals surface area contributed by atoms with Crippen LogP contribution in [0.4, 0.5) is 16.5 Å². The van der Waals surface area contributed by atoms with Gasteiger partial charge in [0.05, 0.1) is 21.3 Å². The molecule has 0 aliphatic rings. The molecule has 0 unspecified atom stereocenters. The fourth-order valence-electron chi connectivity index (χ4n) is 2.64. The van der Waals surface area contributed by atoms with Gasteiger partial charge in [-0.15, -0.1) is 21.5 Å². The monoisotopic (exact) mass is 484 g/mol. The Labute approximate surface area is 193 Å². The Morgan fingerprint density at radius 1 is 1.03 bits per heavy atom. The molecule has 0 saturated heterocycles. The van der Waals surface area contributed by atoms with Gasteiger partial charge in [-0.05, 0) is 18.2 Å². The Hall–Kier alpha value is -4.17. The first-order valence-electron chi connectivity index (χ1n) is 9.10. The zero-order chi connectivity index (χ0) is 23.4. The Kier molecular flexibility index (Phi) is 6.37. The number of rotatable bonds is 8. The van der Waals surface area contributed by atoms with Gasteiger partial charge in [0.2, 0.25) is 11.8 Å². The SMILES string of the molecule is O=C(CSc1nnc(-c2cccc([N+](=O)[O-])c2)o1)Nc1nc(-c2ccc([N+](=O)[O-])cc2)cs1. The fourth-order valence-corrected chi connectivity index (χ4v) is 3.94. The van der Waals surface area contributed by atoms with Crippen molar-refractivity contribution >= 4 is 45.5 Å². The van der Waals surface area contributed by atoms with E-state index in [-0.39, 0.29) is 34.1 Å². The number of nitrogens with one attached hydrogen (secondary N) is 1. The number of carbonyl (C=O) groups is 1. The molecule has 0 atom stereocenters. The summed E-state index contributed by atoms with van der Waals surface area (Å²) in [7, 11) is 0. The number of anilines is 1. The molecule has 4 aromatic rings. The van der Waals surface area contributed by atoms with Crippen molar-refractivity contribution in [2.45, 2.75) is 5.22 Å². The molecule has 2 heterocycles. The van der Waals surface area contributed by atoms with E-state index in [0.717, 1.165) is 11.8 Å². The number of benzene rings is 2. The lowest BCUT2D eigenvalue weighted by Gasteiger charge is -1.99. The predicted molar refractivity (Wildman–Crippen MR) is 120 cm³/mol. The van der Waals surface area contributed by atoms with E-state index in [0.29, 0.717) is 22.0 Å². The molecule has 0 aliphatic carbocycles. The number of non-ortho nitro benzene ring substituents is 2. The summed E-state index contributed by atoms with van der Waals surface area (Å²) in [6.45, 7) is 0. The quantitative estimate of drug-likeness (QED) is 0.215. The van der Waals surface area contributed by atoms with Gasteiger partial charge in [0.15, 0.2) is 5.13 Å². The smallest absolute Gasteiger partial charge is 0.277 e. The predicted octanol–water partition coefficient (Wildman–Crippen LogP) is 4.41. The van der Waals surface area contributed by atoms with E-state index >= 15 is 0 Å². The molecule has 0 bridgehead atoms. The van der Waals surface area contributed by atoms with E-state index < -0.39 is 9.85 Å². The van der Waals surface area contributed by atoms with E-state index in [1.54, 1.807) is 23.6 Å². The van der Waals surface area contributed by atoms with Crippen molar-refractivity contribution in [2.24, 2.45) is 0 Å². The van der Waals surface area contributed by atoms with Crippen LogP contribution in [-0.4, -0.2) is 36.7 Å². The molecular formula is C19H12N6O6S2. The highest BCUT2D eigenvalue weighted by Crippen LogP contribution is 2.28. The first-order valence-corrected chi connectivity index (χ1v) is 11.0. The van der Waals surface area contributed by atoms with Crippen LogP contribution in [0.2, 0.25) is 0 Å². The van der Waals surface area contributed by atoms with E-state index in [9.17, 15) is 25.0 Å². The first-order chi connectivity index (χ1) is 15.9. The van der Waals surface area contributed by atoms with E-state index in [4.69, 9.17) is 4.42 Å². The highest BCUT2D eigenvalue weighted by molar-refractivity contribution is 7.99. The third-order valence-electron chi connectivity index (χ3n) is 4.16. The second-order valence-corrected chi connectivity index (χ2v) is 8.14. The average molecular weight is 484 g/mol. The minimum Gasteiger partial charge on any atom is -0.411 e. The third-order valence-corrected chi connectivity index (χ3v) is 5.74.